The number of hydrogen-bond donors (Lipinski definition) is 0. The lowest BCUT2D eigenvalue weighted by Gasteiger charge is -1.89. The van der Waals surface area contributed by atoms with Crippen LogP contribution >= 0.6 is 0 Å². The Labute approximate surface area is 44.7 Å². The molecule has 1 atom stereocenters. The molecule has 0 aliphatic heterocycles. The fourth-order valence-electron chi connectivity index (χ4n) is 0.328. The molecule has 7 heavy (non-hydrogen) atoms. The molecule has 0 aromatic carbocycles. The van der Waals surface area contributed by atoms with E-state index in [1.165, 1.54) is 0 Å². The molecule has 1 heteroatoms. The molecule has 0 aliphatic rings. The third-order valence-corrected chi connectivity index (χ3v) is 0.704. The average molecular weight is 99.2 g/mol. The first-order valence-corrected chi connectivity index (χ1v) is 2.54. The number of rotatable bonds is 2. The third-order valence-electron chi connectivity index (χ3n) is 0.704. The van der Waals surface area contributed by atoms with E-state index in [1.807, 2.05) is 19.1 Å². The average Bonchev–Trinajstić information content (AvgIpc) is 1.61. The van der Waals surface area contributed by atoms with E-state index in [9.17, 15) is 5.11 Å². The van der Waals surface area contributed by atoms with Gasteiger partial charge in [-0.1, -0.05) is 12.2 Å². The second-order valence-corrected chi connectivity index (χ2v) is 1.62. The largest absolute Gasteiger partial charge is 0.233 e. The fourth-order valence-corrected chi connectivity index (χ4v) is 0.328. The fraction of sp³-hybridized carbons (Fsp3) is 0.667. The molecule has 0 heterocycles. The van der Waals surface area contributed by atoms with Gasteiger partial charge in [0.05, 0.1) is 6.10 Å². The molecule has 1 radical (unpaired) electrons. The van der Waals surface area contributed by atoms with Gasteiger partial charge in [0.2, 0.25) is 0 Å². The van der Waals surface area contributed by atoms with E-state index in [1.54, 1.807) is 6.92 Å². The molecule has 1 unspecified atom stereocenters. The summed E-state index contributed by atoms with van der Waals surface area (Å²) in [6, 6.07) is 0. The smallest absolute Gasteiger partial charge is 0.0936 e. The molecule has 0 bridgehead atoms. The molecule has 0 amide bonds. The minimum absolute atomic E-state index is 0.434. The summed E-state index contributed by atoms with van der Waals surface area (Å²) in [7, 11) is 0. The van der Waals surface area contributed by atoms with Crippen LogP contribution in [-0.2, 0) is 5.11 Å². The van der Waals surface area contributed by atoms with Gasteiger partial charge in [-0.3, -0.25) is 0 Å². The van der Waals surface area contributed by atoms with Crippen LogP contribution < -0.4 is 0 Å². The van der Waals surface area contributed by atoms with Crippen molar-refractivity contribution in [1.82, 2.24) is 0 Å². The molecule has 1 nitrogen and oxygen atoms in total. The zero-order valence-corrected chi connectivity index (χ0v) is 4.85. The Morgan fingerprint density at radius 3 is 2.43 bits per heavy atom. The van der Waals surface area contributed by atoms with E-state index < -0.39 is 6.10 Å². The molecule has 0 aromatic heterocycles. The van der Waals surface area contributed by atoms with Crippen molar-refractivity contribution in [3.8, 4) is 0 Å². The molecular formula is C6H11O. The van der Waals surface area contributed by atoms with Gasteiger partial charge in [0.15, 0.2) is 0 Å². The van der Waals surface area contributed by atoms with Gasteiger partial charge in [-0.05, 0) is 20.3 Å². The molecule has 41 valence electrons. The zero-order chi connectivity index (χ0) is 5.70. The standard InChI is InChI=1S/C6H11O/c1-3-4-5-6(2)7/h3-4,6H,5H2,1-2H3. The van der Waals surface area contributed by atoms with E-state index in [0.717, 1.165) is 0 Å². The molecule has 0 saturated heterocycles. The van der Waals surface area contributed by atoms with Crippen molar-refractivity contribution in [2.24, 2.45) is 0 Å². The predicted molar refractivity (Wildman–Crippen MR) is 29.6 cm³/mol. The lowest BCUT2D eigenvalue weighted by Crippen LogP contribution is -1.92. The van der Waals surface area contributed by atoms with E-state index in [-0.39, 0.29) is 0 Å². The highest BCUT2D eigenvalue weighted by molar-refractivity contribution is 4.78. The summed E-state index contributed by atoms with van der Waals surface area (Å²) in [5.41, 5.74) is 0. The molecule has 0 saturated carbocycles. The van der Waals surface area contributed by atoms with Crippen LogP contribution in [0.2, 0.25) is 0 Å². The highest BCUT2D eigenvalue weighted by Crippen LogP contribution is 1.89. The first-order valence-electron chi connectivity index (χ1n) is 2.54. The summed E-state index contributed by atoms with van der Waals surface area (Å²) in [4.78, 5) is 0. The summed E-state index contributed by atoms with van der Waals surface area (Å²) in [6.07, 6.45) is 4.01. The van der Waals surface area contributed by atoms with Gasteiger partial charge in [-0.25, -0.2) is 5.11 Å². The lowest BCUT2D eigenvalue weighted by molar-refractivity contribution is 0.108. The highest BCUT2D eigenvalue weighted by atomic mass is 16.3. The second-order valence-electron chi connectivity index (χ2n) is 1.62. The maximum absolute atomic E-state index is 10.2. The van der Waals surface area contributed by atoms with Crippen LogP contribution in [0.25, 0.3) is 0 Å². The molecule has 0 fully saturated rings. The first kappa shape index (κ1) is 6.70. The Morgan fingerprint density at radius 2 is 2.29 bits per heavy atom. The lowest BCUT2D eigenvalue weighted by atomic mass is 10.3. The Balaban J connectivity index is 2.97. The predicted octanol–water partition coefficient (Wildman–Crippen LogP) is 1.77. The Hall–Kier alpha value is -0.300. The third kappa shape index (κ3) is 5.70. The van der Waals surface area contributed by atoms with Gasteiger partial charge in [0, 0.05) is 0 Å². The number of hydrogen-bond acceptors (Lipinski definition) is 0. The zero-order valence-electron chi connectivity index (χ0n) is 4.85. The van der Waals surface area contributed by atoms with E-state index in [2.05, 4.69) is 0 Å². The van der Waals surface area contributed by atoms with Crippen molar-refractivity contribution < 1.29 is 5.11 Å². The van der Waals surface area contributed by atoms with Crippen LogP contribution in [0, 0.1) is 0 Å². The van der Waals surface area contributed by atoms with Crippen molar-refractivity contribution >= 4 is 0 Å². The van der Waals surface area contributed by atoms with Crippen LogP contribution in [0.15, 0.2) is 12.2 Å². The molecule has 0 aromatic rings. The van der Waals surface area contributed by atoms with E-state index in [0.29, 0.717) is 6.42 Å². The van der Waals surface area contributed by atoms with Gasteiger partial charge < -0.3 is 0 Å². The quantitative estimate of drug-likeness (QED) is 0.470. The van der Waals surface area contributed by atoms with Crippen LogP contribution in [0.5, 0.6) is 0 Å². The SMILES string of the molecule is CC=CCC(C)[O]. The van der Waals surface area contributed by atoms with Crippen molar-refractivity contribution in [3.63, 3.8) is 0 Å². The van der Waals surface area contributed by atoms with Gasteiger partial charge >= 0.3 is 0 Å². The van der Waals surface area contributed by atoms with Gasteiger partial charge in [-0.2, -0.15) is 0 Å². The minimum Gasteiger partial charge on any atom is -0.233 e. The summed E-state index contributed by atoms with van der Waals surface area (Å²) in [5.74, 6) is 0. The van der Waals surface area contributed by atoms with Crippen LogP contribution in [0.4, 0.5) is 0 Å². The first-order chi connectivity index (χ1) is 3.27. The maximum Gasteiger partial charge on any atom is 0.0936 e. The summed E-state index contributed by atoms with van der Waals surface area (Å²) in [5, 5.41) is 10.2. The molecule has 0 rings (SSSR count). The van der Waals surface area contributed by atoms with Crippen LogP contribution in [0.3, 0.4) is 0 Å². The topological polar surface area (TPSA) is 19.9 Å². The summed E-state index contributed by atoms with van der Waals surface area (Å²) >= 11 is 0. The summed E-state index contributed by atoms with van der Waals surface area (Å²) < 4.78 is 0. The van der Waals surface area contributed by atoms with Gasteiger partial charge in [0.25, 0.3) is 0 Å². The molecule has 0 spiro atoms. The van der Waals surface area contributed by atoms with Crippen molar-refractivity contribution in [2.45, 2.75) is 26.4 Å². The van der Waals surface area contributed by atoms with Gasteiger partial charge in [-0.15, -0.1) is 0 Å². The molecule has 0 N–H and O–H groups in total. The monoisotopic (exact) mass is 99.1 g/mol. The van der Waals surface area contributed by atoms with Crippen LogP contribution in [-0.4, -0.2) is 6.10 Å². The molecule has 0 aliphatic carbocycles. The maximum atomic E-state index is 10.2. The minimum atomic E-state index is -0.434. The highest BCUT2D eigenvalue weighted by Gasteiger charge is 1.88. The van der Waals surface area contributed by atoms with Crippen molar-refractivity contribution in [1.29, 1.82) is 0 Å². The van der Waals surface area contributed by atoms with Crippen molar-refractivity contribution in [3.05, 3.63) is 12.2 Å². The normalized spacial score (nSPS) is 15.3. The van der Waals surface area contributed by atoms with Crippen LogP contribution in [0.1, 0.15) is 20.3 Å². The van der Waals surface area contributed by atoms with E-state index >= 15 is 0 Å². The van der Waals surface area contributed by atoms with E-state index in [4.69, 9.17) is 0 Å². The second kappa shape index (κ2) is 3.88. The molecular weight excluding hydrogens is 88.1 g/mol. The summed E-state index contributed by atoms with van der Waals surface area (Å²) in [6.45, 7) is 3.59. The Kier molecular flexibility index (Phi) is 3.71. The van der Waals surface area contributed by atoms with Crippen molar-refractivity contribution in [2.75, 3.05) is 0 Å². The van der Waals surface area contributed by atoms with Gasteiger partial charge in [0.1, 0.15) is 0 Å². The Bertz CT molecular complexity index is 55.2. The number of allylic oxidation sites excluding steroid dienone is 1. The Morgan fingerprint density at radius 1 is 1.71 bits per heavy atom.